The molecule has 0 bridgehead atoms. The van der Waals surface area contributed by atoms with E-state index in [9.17, 15) is 4.79 Å². The molecule has 2 aliphatic rings. The van der Waals surface area contributed by atoms with Gasteiger partial charge in [-0.05, 0) is 55.7 Å². The number of amides is 1. The smallest absolute Gasteiger partial charge is 0.240 e. The van der Waals surface area contributed by atoms with Gasteiger partial charge < -0.3 is 14.4 Å². The molecule has 1 amide bonds. The third kappa shape index (κ3) is 4.22. The highest BCUT2D eigenvalue weighted by atomic mass is 32.2. The fraction of sp³-hybridized carbons (Fsp3) is 0.250. The summed E-state index contributed by atoms with van der Waals surface area (Å²) in [4.78, 5) is 15.5. The molecule has 0 saturated carbocycles. The number of rotatable bonds is 5. The summed E-state index contributed by atoms with van der Waals surface area (Å²) in [6.07, 6.45) is 1.53. The number of para-hydroxylation sites is 4. The van der Waals surface area contributed by atoms with Crippen molar-refractivity contribution in [3.8, 4) is 17.2 Å². The Bertz CT molecular complexity index is 1390. The van der Waals surface area contributed by atoms with Crippen molar-refractivity contribution in [2.45, 2.75) is 36.3 Å². The molecule has 0 aliphatic carbocycles. The van der Waals surface area contributed by atoms with E-state index in [2.05, 4.69) is 16.3 Å². The Morgan fingerprint density at radius 2 is 1.72 bits per heavy atom. The van der Waals surface area contributed by atoms with Crippen LogP contribution in [0.3, 0.4) is 0 Å². The Kier molecular flexibility index (Phi) is 6.11. The number of anilines is 1. The third-order valence-electron chi connectivity index (χ3n) is 6.48. The lowest BCUT2D eigenvalue weighted by Crippen LogP contribution is -2.40. The molecule has 8 heteroatoms. The lowest BCUT2D eigenvalue weighted by molar-refractivity contribution is -0.117. The summed E-state index contributed by atoms with van der Waals surface area (Å²) in [5.41, 5.74) is 3.14. The van der Waals surface area contributed by atoms with E-state index in [1.165, 1.54) is 17.3 Å². The molecule has 3 aromatic carbocycles. The first-order valence-electron chi connectivity index (χ1n) is 12.1. The zero-order chi connectivity index (χ0) is 24.5. The quantitative estimate of drug-likeness (QED) is 0.351. The van der Waals surface area contributed by atoms with Crippen LogP contribution in [0.15, 0.2) is 84.0 Å². The second-order valence-corrected chi connectivity index (χ2v) is 10.2. The first-order valence-corrected chi connectivity index (χ1v) is 13.0. The molecule has 0 radical (unpaired) electrons. The minimum atomic E-state index is -0.429. The van der Waals surface area contributed by atoms with Crippen molar-refractivity contribution in [1.82, 2.24) is 14.8 Å². The van der Waals surface area contributed by atoms with Gasteiger partial charge in [-0.15, -0.1) is 10.2 Å². The molecule has 2 aliphatic heterocycles. The Hall–Kier alpha value is -3.78. The number of hydrogen-bond acceptors (Lipinski definition) is 6. The van der Waals surface area contributed by atoms with Gasteiger partial charge in [-0.2, -0.15) is 0 Å². The van der Waals surface area contributed by atoms with Gasteiger partial charge >= 0.3 is 0 Å². The van der Waals surface area contributed by atoms with Crippen LogP contribution in [0, 0.1) is 0 Å². The van der Waals surface area contributed by atoms with E-state index in [1.807, 2.05) is 89.2 Å². The lowest BCUT2D eigenvalue weighted by Gasteiger charge is -2.31. The number of carbonyl (C=O) groups excluding carboxylic acids is 1. The number of aromatic nitrogens is 3. The molecule has 4 aromatic rings. The summed E-state index contributed by atoms with van der Waals surface area (Å²) in [7, 11) is 0. The molecule has 2 atom stereocenters. The van der Waals surface area contributed by atoms with Crippen molar-refractivity contribution in [1.29, 1.82) is 0 Å². The second-order valence-electron chi connectivity index (χ2n) is 8.86. The highest BCUT2D eigenvalue weighted by Crippen LogP contribution is 2.38. The lowest BCUT2D eigenvalue weighted by atomic mass is 10.0. The monoisotopic (exact) mass is 498 g/mol. The summed E-state index contributed by atoms with van der Waals surface area (Å²) in [6.45, 7) is 2.99. The minimum absolute atomic E-state index is 0.0717. The Morgan fingerprint density at radius 1 is 0.972 bits per heavy atom. The van der Waals surface area contributed by atoms with Crippen LogP contribution >= 0.6 is 11.8 Å². The number of fused-ring (bicyclic) bond motifs is 2. The van der Waals surface area contributed by atoms with Crippen LogP contribution in [-0.2, 0) is 11.2 Å². The third-order valence-corrected chi connectivity index (χ3v) is 7.51. The van der Waals surface area contributed by atoms with Gasteiger partial charge in [0.2, 0.25) is 5.91 Å². The highest BCUT2D eigenvalue weighted by molar-refractivity contribution is 8.00. The molecule has 7 nitrogen and oxygen atoms in total. The molecule has 3 heterocycles. The van der Waals surface area contributed by atoms with Gasteiger partial charge in [0.25, 0.3) is 0 Å². The van der Waals surface area contributed by atoms with Crippen molar-refractivity contribution in [2.75, 3.05) is 18.1 Å². The minimum Gasteiger partial charge on any atom is -0.485 e. The maximum absolute atomic E-state index is 13.6. The number of thioether (sulfide) groups is 1. The van der Waals surface area contributed by atoms with Crippen molar-refractivity contribution in [3.63, 3.8) is 0 Å². The van der Waals surface area contributed by atoms with Crippen LogP contribution in [0.4, 0.5) is 5.69 Å². The highest BCUT2D eigenvalue weighted by Gasteiger charge is 2.32. The Labute approximate surface area is 214 Å². The van der Waals surface area contributed by atoms with Gasteiger partial charge in [-0.25, -0.2) is 0 Å². The maximum Gasteiger partial charge on any atom is 0.240 e. The van der Waals surface area contributed by atoms with Crippen molar-refractivity contribution >= 4 is 23.4 Å². The van der Waals surface area contributed by atoms with Gasteiger partial charge in [-0.1, -0.05) is 60.3 Å². The standard InChI is InChI=1S/C28H26N4O3S/c1-19(27(33)31-17-9-11-20-10-5-6-14-22(20)31)36-28-30-29-26(32(28)21-12-3-2-4-13-21)25-18-34-23-15-7-8-16-24(23)35-25/h2-8,10,12-16,19,25H,9,11,17-18H2,1H3. The van der Waals surface area contributed by atoms with Gasteiger partial charge in [0.05, 0.1) is 5.25 Å². The van der Waals surface area contributed by atoms with E-state index < -0.39 is 6.10 Å². The molecule has 0 spiro atoms. The molecule has 182 valence electrons. The van der Waals surface area contributed by atoms with E-state index in [0.717, 1.165) is 36.5 Å². The van der Waals surface area contributed by atoms with Gasteiger partial charge in [0, 0.05) is 17.9 Å². The largest absolute Gasteiger partial charge is 0.485 e. The second kappa shape index (κ2) is 9.70. The molecule has 0 fully saturated rings. The summed E-state index contributed by atoms with van der Waals surface area (Å²) >= 11 is 1.41. The van der Waals surface area contributed by atoms with Crippen LogP contribution in [0.2, 0.25) is 0 Å². The van der Waals surface area contributed by atoms with Crippen LogP contribution in [0.5, 0.6) is 11.5 Å². The SMILES string of the molecule is CC(Sc1nnc(C2COc3ccccc3O2)n1-c1ccccc1)C(=O)N1CCCc2ccccc21. The summed E-state index contributed by atoms with van der Waals surface area (Å²) in [5.74, 6) is 2.11. The van der Waals surface area contributed by atoms with Gasteiger partial charge in [-0.3, -0.25) is 9.36 Å². The average Bonchev–Trinajstić information content (AvgIpc) is 3.36. The number of benzene rings is 3. The van der Waals surface area contributed by atoms with E-state index in [-0.39, 0.29) is 11.2 Å². The molecule has 36 heavy (non-hydrogen) atoms. The summed E-state index contributed by atoms with van der Waals surface area (Å²) in [6, 6.07) is 25.7. The van der Waals surface area contributed by atoms with Crippen molar-refractivity contribution in [3.05, 3.63) is 90.3 Å². The molecule has 1 aromatic heterocycles. The van der Waals surface area contributed by atoms with Crippen molar-refractivity contribution < 1.29 is 14.3 Å². The molecular formula is C28H26N4O3S. The average molecular weight is 499 g/mol. The molecule has 0 saturated heterocycles. The van der Waals surface area contributed by atoms with Gasteiger partial charge in [0.15, 0.2) is 28.6 Å². The van der Waals surface area contributed by atoms with Crippen LogP contribution in [-0.4, -0.2) is 39.1 Å². The number of nitrogens with zero attached hydrogens (tertiary/aromatic N) is 4. The maximum atomic E-state index is 13.6. The zero-order valence-corrected chi connectivity index (χ0v) is 20.7. The fourth-order valence-corrected chi connectivity index (χ4v) is 5.66. The van der Waals surface area contributed by atoms with Crippen LogP contribution in [0.1, 0.15) is 30.8 Å². The fourth-order valence-electron chi connectivity index (χ4n) is 4.72. The topological polar surface area (TPSA) is 69.5 Å². The molecule has 6 rings (SSSR count). The number of ether oxygens (including phenoxy) is 2. The number of hydrogen-bond donors (Lipinski definition) is 0. The van der Waals surface area contributed by atoms with Crippen LogP contribution < -0.4 is 14.4 Å². The van der Waals surface area contributed by atoms with Crippen LogP contribution in [0.25, 0.3) is 5.69 Å². The predicted molar refractivity (Wildman–Crippen MR) is 139 cm³/mol. The first-order chi connectivity index (χ1) is 17.7. The first kappa shape index (κ1) is 22.7. The predicted octanol–water partition coefficient (Wildman–Crippen LogP) is 5.24. The number of aryl methyl sites for hydroxylation is 1. The molecular weight excluding hydrogens is 472 g/mol. The Morgan fingerprint density at radius 3 is 2.58 bits per heavy atom. The van der Waals surface area contributed by atoms with Crippen molar-refractivity contribution in [2.24, 2.45) is 0 Å². The summed E-state index contributed by atoms with van der Waals surface area (Å²) < 4.78 is 14.2. The summed E-state index contributed by atoms with van der Waals surface area (Å²) in [5, 5.41) is 9.31. The zero-order valence-electron chi connectivity index (χ0n) is 19.9. The normalized spacial score (nSPS) is 17.4. The Balaban J connectivity index is 1.30. The van der Waals surface area contributed by atoms with E-state index >= 15 is 0 Å². The van der Waals surface area contributed by atoms with Gasteiger partial charge in [0.1, 0.15) is 6.61 Å². The molecule has 2 unspecified atom stereocenters. The number of carbonyl (C=O) groups is 1. The van der Waals surface area contributed by atoms with E-state index in [1.54, 1.807) is 0 Å². The molecule has 0 N–H and O–H groups in total. The van der Waals surface area contributed by atoms with E-state index in [0.29, 0.717) is 23.3 Å². The van der Waals surface area contributed by atoms with E-state index in [4.69, 9.17) is 9.47 Å².